The van der Waals surface area contributed by atoms with Crippen molar-refractivity contribution in [1.29, 1.82) is 0 Å². The van der Waals surface area contributed by atoms with Crippen molar-refractivity contribution >= 4 is 35.0 Å². The van der Waals surface area contributed by atoms with E-state index in [4.69, 9.17) is 17.3 Å². The number of carbonyl (C=O) groups excluding carboxylic acids is 3. The van der Waals surface area contributed by atoms with Crippen molar-refractivity contribution in [2.45, 2.75) is 26.2 Å². The van der Waals surface area contributed by atoms with Crippen LogP contribution in [0, 0.1) is 0 Å². The number of benzene rings is 2. The summed E-state index contributed by atoms with van der Waals surface area (Å²) in [5, 5.41) is 5.72. The van der Waals surface area contributed by atoms with E-state index in [-0.39, 0.29) is 28.6 Å². The smallest absolute Gasteiger partial charge is 0.258 e. The van der Waals surface area contributed by atoms with E-state index >= 15 is 0 Å². The molecule has 0 fully saturated rings. The number of halogens is 1. The summed E-state index contributed by atoms with van der Waals surface area (Å²) in [6, 6.07) is 13.8. The monoisotopic (exact) mass is 494 g/mol. The fraction of sp³-hybridized carbons (Fsp3) is 0.222. The van der Waals surface area contributed by atoms with Crippen LogP contribution in [0.5, 0.6) is 0 Å². The Morgan fingerprint density at radius 1 is 1.06 bits per heavy atom. The molecule has 0 saturated carbocycles. The lowest BCUT2D eigenvalue weighted by Crippen LogP contribution is -2.37. The fourth-order valence-corrected chi connectivity index (χ4v) is 3.39. The molecule has 4 N–H and O–H groups in total. The van der Waals surface area contributed by atoms with Gasteiger partial charge in [0.15, 0.2) is 0 Å². The lowest BCUT2D eigenvalue weighted by Gasteiger charge is -2.30. The number of para-hydroxylation sites is 1. The standard InChI is InChI=1S/C27H31ClN4O3/c1-6-21(28)15-16-24(29)31-26(35)22-9-7-8-10-23(22)30-25(34)19-11-13-20(14-12-19)27(3,4)17-32(5)18(2)33/h6-16H,1,17,29H2,2-5H3,(H,30,34)(H,31,35)/b21-15+,24-16+. The molecule has 0 radical (unpaired) electrons. The molecule has 0 heterocycles. The summed E-state index contributed by atoms with van der Waals surface area (Å²) in [6.07, 6.45) is 4.39. The molecule has 0 bridgehead atoms. The van der Waals surface area contributed by atoms with E-state index in [1.165, 1.54) is 25.2 Å². The Balaban J connectivity index is 2.16. The molecule has 0 unspecified atom stereocenters. The summed E-state index contributed by atoms with van der Waals surface area (Å²) in [5.74, 6) is -0.764. The molecule has 2 aromatic rings. The van der Waals surface area contributed by atoms with Crippen molar-refractivity contribution < 1.29 is 14.4 Å². The maximum Gasteiger partial charge on any atom is 0.258 e. The molecule has 7 nitrogen and oxygen atoms in total. The van der Waals surface area contributed by atoms with E-state index in [1.807, 2.05) is 26.0 Å². The van der Waals surface area contributed by atoms with Crippen LogP contribution in [0.4, 0.5) is 5.69 Å². The molecule has 0 aliphatic heterocycles. The molecule has 0 aliphatic rings. The molecule has 0 saturated heterocycles. The predicted octanol–water partition coefficient (Wildman–Crippen LogP) is 4.53. The third-order valence-corrected chi connectivity index (χ3v) is 5.67. The number of hydrogen-bond donors (Lipinski definition) is 3. The minimum Gasteiger partial charge on any atom is -0.385 e. The lowest BCUT2D eigenvalue weighted by atomic mass is 9.83. The van der Waals surface area contributed by atoms with E-state index in [2.05, 4.69) is 17.2 Å². The molecule has 0 spiro atoms. The molecule has 35 heavy (non-hydrogen) atoms. The highest BCUT2D eigenvalue weighted by Crippen LogP contribution is 2.25. The van der Waals surface area contributed by atoms with Gasteiger partial charge in [-0.15, -0.1) is 0 Å². The van der Waals surface area contributed by atoms with Gasteiger partial charge in [0.05, 0.1) is 11.3 Å². The van der Waals surface area contributed by atoms with E-state index in [0.717, 1.165) is 5.56 Å². The van der Waals surface area contributed by atoms with Crippen LogP contribution in [0.3, 0.4) is 0 Å². The third-order valence-electron chi connectivity index (χ3n) is 5.39. The molecule has 0 aromatic heterocycles. The Hall–Kier alpha value is -3.84. The second-order valence-corrected chi connectivity index (χ2v) is 9.10. The first-order valence-electron chi connectivity index (χ1n) is 10.9. The van der Waals surface area contributed by atoms with Crippen molar-refractivity contribution in [3.8, 4) is 0 Å². The van der Waals surface area contributed by atoms with Gasteiger partial charge >= 0.3 is 0 Å². The summed E-state index contributed by atoms with van der Waals surface area (Å²) in [4.78, 5) is 38.9. The lowest BCUT2D eigenvalue weighted by molar-refractivity contribution is -0.128. The van der Waals surface area contributed by atoms with Gasteiger partial charge in [-0.25, -0.2) is 0 Å². The fourth-order valence-electron chi connectivity index (χ4n) is 3.33. The molecule has 2 aromatic carbocycles. The van der Waals surface area contributed by atoms with Crippen LogP contribution in [0.1, 0.15) is 47.1 Å². The third kappa shape index (κ3) is 7.86. The average Bonchev–Trinajstić information content (AvgIpc) is 2.82. The molecule has 8 heteroatoms. The number of likely N-dealkylation sites (N-methyl/N-ethyl adjacent to an activating group) is 1. The zero-order valence-electron chi connectivity index (χ0n) is 20.4. The van der Waals surface area contributed by atoms with Crippen LogP contribution in [-0.2, 0) is 10.2 Å². The van der Waals surface area contributed by atoms with Gasteiger partial charge < -0.3 is 21.3 Å². The van der Waals surface area contributed by atoms with Gasteiger partial charge in [-0.3, -0.25) is 14.4 Å². The minimum atomic E-state index is -0.482. The van der Waals surface area contributed by atoms with Crippen LogP contribution < -0.4 is 16.4 Å². The van der Waals surface area contributed by atoms with Crippen molar-refractivity contribution in [3.05, 3.63) is 101 Å². The van der Waals surface area contributed by atoms with E-state index in [1.54, 1.807) is 48.3 Å². The van der Waals surface area contributed by atoms with Crippen LogP contribution >= 0.6 is 11.6 Å². The van der Waals surface area contributed by atoms with Crippen molar-refractivity contribution in [1.82, 2.24) is 10.2 Å². The van der Waals surface area contributed by atoms with Crippen LogP contribution in [-0.4, -0.2) is 36.2 Å². The number of amides is 3. The van der Waals surface area contributed by atoms with Gasteiger partial charge in [0, 0.05) is 36.5 Å². The zero-order chi connectivity index (χ0) is 26.2. The van der Waals surface area contributed by atoms with Gasteiger partial charge in [-0.1, -0.05) is 62.4 Å². The van der Waals surface area contributed by atoms with Gasteiger partial charge in [-0.2, -0.15) is 0 Å². The van der Waals surface area contributed by atoms with E-state index in [9.17, 15) is 14.4 Å². The quantitative estimate of drug-likeness (QED) is 0.445. The highest BCUT2D eigenvalue weighted by Gasteiger charge is 2.24. The van der Waals surface area contributed by atoms with Crippen molar-refractivity contribution in [2.24, 2.45) is 5.73 Å². The highest BCUT2D eigenvalue weighted by atomic mass is 35.5. The average molecular weight is 495 g/mol. The summed E-state index contributed by atoms with van der Waals surface area (Å²) < 4.78 is 0. The van der Waals surface area contributed by atoms with Crippen LogP contribution in [0.15, 0.2) is 84.2 Å². The normalized spacial score (nSPS) is 12.0. The Labute approximate surface area is 211 Å². The van der Waals surface area contributed by atoms with Gasteiger partial charge in [0.2, 0.25) is 5.91 Å². The highest BCUT2D eigenvalue weighted by molar-refractivity contribution is 6.31. The van der Waals surface area contributed by atoms with Crippen LogP contribution in [0.25, 0.3) is 0 Å². The second-order valence-electron chi connectivity index (χ2n) is 8.67. The number of nitrogens with one attached hydrogen (secondary N) is 2. The van der Waals surface area contributed by atoms with Gasteiger partial charge in [0.1, 0.15) is 5.82 Å². The molecular formula is C27H31ClN4O3. The molecule has 3 amide bonds. The number of anilines is 1. The first-order valence-corrected chi connectivity index (χ1v) is 11.3. The summed E-state index contributed by atoms with van der Waals surface area (Å²) in [6.45, 7) is 9.69. The molecular weight excluding hydrogens is 464 g/mol. The zero-order valence-corrected chi connectivity index (χ0v) is 21.1. The SMILES string of the molecule is C=C/C(Cl)=C\C=C(/N)NC(=O)c1ccccc1NC(=O)c1ccc(C(C)(C)CN(C)C(C)=O)cc1. The minimum absolute atomic E-state index is 0.00829. The number of hydrogen-bond acceptors (Lipinski definition) is 4. The maximum atomic E-state index is 12.9. The van der Waals surface area contributed by atoms with Crippen molar-refractivity contribution in [3.63, 3.8) is 0 Å². The number of carbonyl (C=O) groups is 3. The van der Waals surface area contributed by atoms with E-state index in [0.29, 0.717) is 22.8 Å². The Morgan fingerprint density at radius 3 is 2.29 bits per heavy atom. The van der Waals surface area contributed by atoms with Gasteiger partial charge in [0.25, 0.3) is 11.8 Å². The summed E-state index contributed by atoms with van der Waals surface area (Å²) in [5.41, 5.74) is 7.57. The van der Waals surface area contributed by atoms with E-state index < -0.39 is 5.91 Å². The predicted molar refractivity (Wildman–Crippen MR) is 141 cm³/mol. The van der Waals surface area contributed by atoms with Crippen molar-refractivity contribution in [2.75, 3.05) is 18.9 Å². The molecule has 184 valence electrons. The Kier molecular flexibility index (Phi) is 9.42. The van der Waals surface area contributed by atoms with Gasteiger partial charge in [-0.05, 0) is 42.0 Å². The van der Waals surface area contributed by atoms with Crippen LogP contribution in [0.2, 0.25) is 0 Å². The number of nitrogens with zero attached hydrogens (tertiary/aromatic N) is 1. The first kappa shape index (κ1) is 27.4. The summed E-state index contributed by atoms with van der Waals surface area (Å²) >= 11 is 5.84. The molecule has 0 atom stereocenters. The number of allylic oxidation sites excluding steroid dienone is 4. The topological polar surface area (TPSA) is 105 Å². The first-order chi connectivity index (χ1) is 16.4. The number of nitrogens with two attached hydrogens (primary N) is 1. The maximum absolute atomic E-state index is 12.9. The largest absolute Gasteiger partial charge is 0.385 e. The Morgan fingerprint density at radius 2 is 1.69 bits per heavy atom. The Bertz CT molecular complexity index is 1170. The second kappa shape index (κ2) is 12.0. The number of rotatable bonds is 9. The molecule has 0 aliphatic carbocycles. The molecule has 2 rings (SSSR count). The summed E-state index contributed by atoms with van der Waals surface area (Å²) in [7, 11) is 1.76.